The Morgan fingerprint density at radius 3 is 2.50 bits per heavy atom. The third-order valence-corrected chi connectivity index (χ3v) is 3.35. The van der Waals surface area contributed by atoms with Crippen LogP contribution in [0.2, 0.25) is 0 Å². The molecule has 0 atom stereocenters. The number of nitrogens with zero attached hydrogens (tertiary/aromatic N) is 2. The van der Waals surface area contributed by atoms with Gasteiger partial charge in [0.15, 0.2) is 0 Å². The number of aromatic amines is 1. The van der Waals surface area contributed by atoms with Gasteiger partial charge in [-0.05, 0) is 42.5 Å². The van der Waals surface area contributed by atoms with Crippen molar-refractivity contribution in [3.05, 3.63) is 54.4 Å². The minimum absolute atomic E-state index is 0.200. The minimum atomic E-state index is -0.373. The molecule has 0 bridgehead atoms. The maximum Gasteiger partial charge on any atom is 0.255 e. The maximum atomic E-state index is 12.3. The molecule has 24 heavy (non-hydrogen) atoms. The molecular weight excluding hydrogens is 306 g/mol. The van der Waals surface area contributed by atoms with Crippen molar-refractivity contribution in [2.24, 2.45) is 0 Å². The van der Waals surface area contributed by atoms with Gasteiger partial charge in [0.1, 0.15) is 6.42 Å². The van der Waals surface area contributed by atoms with E-state index in [1.54, 1.807) is 54.9 Å². The van der Waals surface area contributed by atoms with Crippen LogP contribution in [0, 0.1) is 11.3 Å². The average Bonchev–Trinajstić information content (AvgIpc) is 3.04. The molecule has 7 heteroatoms. The number of aromatic nitrogens is 2. The SMILES string of the molecule is N#CCC(=O)Nc1ccc(NC(=O)c2ccc3nc[nH]c3c2)cc1. The second-order valence-electron chi connectivity index (χ2n) is 5.05. The van der Waals surface area contributed by atoms with Gasteiger partial charge in [-0.25, -0.2) is 4.98 Å². The fraction of sp³-hybridized carbons (Fsp3) is 0.0588. The number of nitriles is 1. The molecule has 1 heterocycles. The van der Waals surface area contributed by atoms with Crippen LogP contribution >= 0.6 is 0 Å². The summed E-state index contributed by atoms with van der Waals surface area (Å²) >= 11 is 0. The van der Waals surface area contributed by atoms with Crippen LogP contribution in [0.1, 0.15) is 16.8 Å². The van der Waals surface area contributed by atoms with Gasteiger partial charge in [0, 0.05) is 16.9 Å². The Bertz CT molecular complexity index is 938. The van der Waals surface area contributed by atoms with Crippen LogP contribution in [0.5, 0.6) is 0 Å². The largest absolute Gasteiger partial charge is 0.345 e. The van der Waals surface area contributed by atoms with Crippen molar-refractivity contribution in [3.8, 4) is 6.07 Å². The Morgan fingerprint density at radius 2 is 1.79 bits per heavy atom. The number of amides is 2. The fourth-order valence-corrected chi connectivity index (χ4v) is 2.19. The average molecular weight is 319 g/mol. The number of hydrogen-bond acceptors (Lipinski definition) is 4. The molecule has 0 spiro atoms. The predicted octanol–water partition coefficient (Wildman–Crippen LogP) is 2.67. The van der Waals surface area contributed by atoms with Crippen LogP contribution in [0.15, 0.2) is 48.8 Å². The summed E-state index contributed by atoms with van der Waals surface area (Å²) < 4.78 is 0. The summed E-state index contributed by atoms with van der Waals surface area (Å²) in [6.07, 6.45) is 1.38. The maximum absolute atomic E-state index is 12.3. The second kappa shape index (κ2) is 6.62. The van der Waals surface area contributed by atoms with Gasteiger partial charge >= 0.3 is 0 Å². The summed E-state index contributed by atoms with van der Waals surface area (Å²) in [5, 5.41) is 13.8. The number of benzene rings is 2. The molecule has 118 valence electrons. The lowest BCUT2D eigenvalue weighted by Gasteiger charge is -2.07. The molecule has 3 N–H and O–H groups in total. The first-order chi connectivity index (χ1) is 11.7. The van der Waals surface area contributed by atoms with Crippen LogP contribution < -0.4 is 10.6 Å². The Labute approximate surface area is 137 Å². The molecule has 0 saturated carbocycles. The molecule has 2 amide bonds. The van der Waals surface area contributed by atoms with Gasteiger partial charge in [0.25, 0.3) is 5.91 Å². The highest BCUT2D eigenvalue weighted by molar-refractivity contribution is 6.06. The zero-order chi connectivity index (χ0) is 16.9. The third-order valence-electron chi connectivity index (χ3n) is 3.35. The van der Waals surface area contributed by atoms with Crippen molar-refractivity contribution in [3.63, 3.8) is 0 Å². The van der Waals surface area contributed by atoms with Gasteiger partial charge in [-0.2, -0.15) is 5.26 Å². The van der Waals surface area contributed by atoms with E-state index in [0.717, 1.165) is 11.0 Å². The van der Waals surface area contributed by atoms with E-state index in [9.17, 15) is 9.59 Å². The van der Waals surface area contributed by atoms with Gasteiger partial charge in [0.05, 0.1) is 23.4 Å². The number of carbonyl (C=O) groups is 2. The number of nitrogens with one attached hydrogen (secondary N) is 3. The van der Waals surface area contributed by atoms with E-state index in [1.807, 2.05) is 0 Å². The van der Waals surface area contributed by atoms with Crippen LogP contribution in [0.4, 0.5) is 11.4 Å². The van der Waals surface area contributed by atoms with Crippen molar-refractivity contribution in [2.75, 3.05) is 10.6 Å². The topological polar surface area (TPSA) is 111 Å². The predicted molar refractivity (Wildman–Crippen MR) is 89.3 cm³/mol. The number of imidazole rings is 1. The monoisotopic (exact) mass is 319 g/mol. The fourth-order valence-electron chi connectivity index (χ4n) is 2.19. The van der Waals surface area contributed by atoms with E-state index in [-0.39, 0.29) is 18.2 Å². The molecule has 0 aliphatic heterocycles. The van der Waals surface area contributed by atoms with Crippen molar-refractivity contribution >= 4 is 34.2 Å². The highest BCUT2D eigenvalue weighted by Crippen LogP contribution is 2.16. The molecule has 0 saturated heterocycles. The molecule has 0 fully saturated rings. The molecule has 2 aromatic carbocycles. The molecule has 0 aliphatic rings. The number of fused-ring (bicyclic) bond motifs is 1. The van der Waals surface area contributed by atoms with Gasteiger partial charge in [-0.1, -0.05) is 0 Å². The number of H-pyrrole nitrogens is 1. The molecular formula is C17H13N5O2. The summed E-state index contributed by atoms with van der Waals surface area (Å²) in [6, 6.07) is 13.6. The van der Waals surface area contributed by atoms with Crippen molar-refractivity contribution in [1.29, 1.82) is 5.26 Å². The molecule has 1 aromatic heterocycles. The first kappa shape index (κ1) is 15.2. The normalized spacial score (nSPS) is 10.1. The number of rotatable bonds is 4. The first-order valence-corrected chi connectivity index (χ1v) is 7.17. The summed E-state index contributed by atoms with van der Waals surface area (Å²) in [5.41, 5.74) is 3.26. The van der Waals surface area contributed by atoms with Crippen LogP contribution in [-0.4, -0.2) is 21.8 Å². The van der Waals surface area contributed by atoms with Crippen LogP contribution in [0.25, 0.3) is 11.0 Å². The van der Waals surface area contributed by atoms with Gasteiger partial charge in [-0.15, -0.1) is 0 Å². The minimum Gasteiger partial charge on any atom is -0.345 e. The van der Waals surface area contributed by atoms with Crippen LogP contribution in [0.3, 0.4) is 0 Å². The zero-order valence-corrected chi connectivity index (χ0v) is 12.5. The standard InChI is InChI=1S/C17H13N5O2/c18-8-7-16(23)21-12-2-4-13(5-3-12)22-17(24)11-1-6-14-15(9-11)20-10-19-14/h1-6,9-10H,7H2,(H,19,20)(H,21,23)(H,22,24). The van der Waals surface area contributed by atoms with Crippen molar-refractivity contribution in [2.45, 2.75) is 6.42 Å². The van der Waals surface area contributed by atoms with Crippen molar-refractivity contribution < 1.29 is 9.59 Å². The van der Waals surface area contributed by atoms with Crippen LogP contribution in [-0.2, 0) is 4.79 Å². The van der Waals surface area contributed by atoms with E-state index in [0.29, 0.717) is 16.9 Å². The Balaban J connectivity index is 1.68. The molecule has 0 aliphatic carbocycles. The molecule has 0 radical (unpaired) electrons. The highest BCUT2D eigenvalue weighted by Gasteiger charge is 2.08. The Kier molecular flexibility index (Phi) is 4.21. The number of carbonyl (C=O) groups excluding carboxylic acids is 2. The van der Waals surface area contributed by atoms with E-state index in [1.165, 1.54) is 0 Å². The van der Waals surface area contributed by atoms with E-state index in [4.69, 9.17) is 5.26 Å². The molecule has 0 unspecified atom stereocenters. The summed E-state index contributed by atoms with van der Waals surface area (Å²) in [5.74, 6) is -0.616. The summed E-state index contributed by atoms with van der Waals surface area (Å²) in [7, 11) is 0. The van der Waals surface area contributed by atoms with E-state index >= 15 is 0 Å². The first-order valence-electron chi connectivity index (χ1n) is 7.17. The van der Waals surface area contributed by atoms with E-state index < -0.39 is 0 Å². The zero-order valence-electron chi connectivity index (χ0n) is 12.5. The lowest BCUT2D eigenvalue weighted by molar-refractivity contribution is -0.115. The highest BCUT2D eigenvalue weighted by atomic mass is 16.2. The third kappa shape index (κ3) is 3.39. The molecule has 7 nitrogen and oxygen atoms in total. The summed E-state index contributed by atoms with van der Waals surface area (Å²) in [6.45, 7) is 0. The van der Waals surface area contributed by atoms with Gasteiger partial charge < -0.3 is 15.6 Å². The number of anilines is 2. The van der Waals surface area contributed by atoms with Crippen molar-refractivity contribution in [1.82, 2.24) is 9.97 Å². The van der Waals surface area contributed by atoms with Gasteiger partial charge in [-0.3, -0.25) is 9.59 Å². The van der Waals surface area contributed by atoms with Gasteiger partial charge in [0.2, 0.25) is 5.91 Å². The molecule has 3 aromatic rings. The lowest BCUT2D eigenvalue weighted by atomic mass is 10.2. The Hall–Kier alpha value is -3.66. The molecule has 3 rings (SSSR count). The smallest absolute Gasteiger partial charge is 0.255 e. The quantitative estimate of drug-likeness (QED) is 0.686. The second-order valence-corrected chi connectivity index (χ2v) is 5.05. The Morgan fingerprint density at radius 1 is 1.08 bits per heavy atom. The van der Waals surface area contributed by atoms with E-state index in [2.05, 4.69) is 20.6 Å². The lowest BCUT2D eigenvalue weighted by Crippen LogP contribution is -2.12. The summed E-state index contributed by atoms with van der Waals surface area (Å²) in [4.78, 5) is 30.7. The number of hydrogen-bond donors (Lipinski definition) is 3.